The molecule has 0 atom stereocenters. The number of rotatable bonds is 6. The van der Waals surface area contributed by atoms with E-state index in [-0.39, 0.29) is 24.3 Å². The molecule has 2 aromatic carbocycles. The number of likely N-dealkylation sites (tertiary alicyclic amines) is 1. The first-order chi connectivity index (χ1) is 15.8. The molecule has 178 valence electrons. The van der Waals surface area contributed by atoms with Crippen LogP contribution in [0.3, 0.4) is 0 Å². The Morgan fingerprint density at radius 2 is 1.76 bits per heavy atom. The van der Waals surface area contributed by atoms with Gasteiger partial charge in [0.15, 0.2) is 11.6 Å². The molecule has 0 spiro atoms. The topological polar surface area (TPSA) is 64.6 Å². The number of hydrogen-bond acceptors (Lipinski definition) is 4. The number of nitrogens with zero attached hydrogens (tertiary/aromatic N) is 1. The van der Waals surface area contributed by atoms with E-state index in [9.17, 15) is 23.1 Å². The second-order valence-electron chi connectivity index (χ2n) is 9.35. The molecule has 2 aromatic rings. The van der Waals surface area contributed by atoms with E-state index in [1.54, 1.807) is 13.0 Å². The molecule has 1 aliphatic carbocycles. The number of aliphatic hydroxyl groups is 1. The summed E-state index contributed by atoms with van der Waals surface area (Å²) in [5, 5.41) is 16.8. The quantitative estimate of drug-likeness (QED) is 0.548. The van der Waals surface area contributed by atoms with Gasteiger partial charge in [0.05, 0.1) is 30.0 Å². The van der Waals surface area contributed by atoms with Crippen molar-refractivity contribution in [3.63, 3.8) is 0 Å². The van der Waals surface area contributed by atoms with Crippen LogP contribution in [0.4, 0.5) is 24.5 Å². The zero-order valence-electron chi connectivity index (χ0n) is 18.8. The number of aryl methyl sites for hydroxylation is 1. The molecular weight excluding hydrogens is 431 g/mol. The van der Waals surface area contributed by atoms with Crippen LogP contribution in [0.1, 0.15) is 54.4 Å². The average Bonchev–Trinajstić information content (AvgIpc) is 3.04. The van der Waals surface area contributed by atoms with Crippen molar-refractivity contribution >= 4 is 17.3 Å². The van der Waals surface area contributed by atoms with E-state index in [1.165, 1.54) is 48.8 Å². The van der Waals surface area contributed by atoms with Crippen molar-refractivity contribution in [2.24, 2.45) is 0 Å². The minimum Gasteiger partial charge on any atom is -0.385 e. The lowest BCUT2D eigenvalue weighted by molar-refractivity contribution is -0.0799. The lowest BCUT2D eigenvalue weighted by Crippen LogP contribution is -2.67. The molecule has 8 heteroatoms. The summed E-state index contributed by atoms with van der Waals surface area (Å²) in [6.45, 7) is 2.25. The lowest BCUT2D eigenvalue weighted by Gasteiger charge is -2.47. The van der Waals surface area contributed by atoms with Crippen molar-refractivity contribution in [3.8, 4) is 0 Å². The summed E-state index contributed by atoms with van der Waals surface area (Å²) in [7, 11) is 0. The maximum Gasteiger partial charge on any atom is 0.256 e. The summed E-state index contributed by atoms with van der Waals surface area (Å²) in [5.41, 5.74) is -0.988. The van der Waals surface area contributed by atoms with Crippen LogP contribution in [0.5, 0.6) is 0 Å². The third-order valence-corrected chi connectivity index (χ3v) is 6.54. The molecule has 0 bridgehead atoms. The van der Waals surface area contributed by atoms with Crippen LogP contribution in [0.15, 0.2) is 30.3 Å². The molecule has 2 aliphatic rings. The Balaban J connectivity index is 1.45. The second kappa shape index (κ2) is 9.73. The van der Waals surface area contributed by atoms with E-state index in [0.717, 1.165) is 18.9 Å². The van der Waals surface area contributed by atoms with Gasteiger partial charge in [-0.2, -0.15) is 0 Å². The summed E-state index contributed by atoms with van der Waals surface area (Å²) in [4.78, 5) is 14.4. The van der Waals surface area contributed by atoms with Crippen molar-refractivity contribution in [2.45, 2.75) is 57.1 Å². The van der Waals surface area contributed by atoms with Gasteiger partial charge in [0.1, 0.15) is 11.4 Å². The van der Waals surface area contributed by atoms with Crippen LogP contribution < -0.4 is 10.6 Å². The molecule has 1 amide bonds. The van der Waals surface area contributed by atoms with Gasteiger partial charge in [-0.1, -0.05) is 31.7 Å². The largest absolute Gasteiger partial charge is 0.385 e. The summed E-state index contributed by atoms with van der Waals surface area (Å²) >= 11 is 0. The maximum absolute atomic E-state index is 14.6. The van der Waals surface area contributed by atoms with Gasteiger partial charge < -0.3 is 20.6 Å². The summed E-state index contributed by atoms with van der Waals surface area (Å²) < 4.78 is 42.8. The zero-order valence-corrected chi connectivity index (χ0v) is 18.8. The van der Waals surface area contributed by atoms with E-state index < -0.39 is 34.6 Å². The highest BCUT2D eigenvalue weighted by molar-refractivity contribution is 6.01. The standard InChI is InChI=1S/C25H30F3N3O2/c1-16-8-11-21(20(27)12-16)30-23-18(9-10-19(26)22(23)28)24(32)31-14-25(33,15-31)13-29-17-6-4-2-3-5-7-17/h8-12,17,29-30,33H,2-7,13-15H2,1H3. The predicted octanol–water partition coefficient (Wildman–Crippen LogP) is 4.66. The molecule has 33 heavy (non-hydrogen) atoms. The SMILES string of the molecule is Cc1ccc(Nc2c(C(=O)N3CC(O)(CNC4CCCCCC4)C3)ccc(F)c2F)c(F)c1. The van der Waals surface area contributed by atoms with Gasteiger partial charge in [-0.3, -0.25) is 4.79 Å². The molecular formula is C25H30F3N3O2. The molecule has 4 rings (SSSR count). The second-order valence-corrected chi connectivity index (χ2v) is 9.35. The molecule has 2 fully saturated rings. The number of carbonyl (C=O) groups is 1. The zero-order chi connectivity index (χ0) is 23.6. The Hall–Kier alpha value is -2.58. The van der Waals surface area contributed by atoms with E-state index in [2.05, 4.69) is 10.6 Å². The normalized spacial score (nSPS) is 18.5. The van der Waals surface area contributed by atoms with Crippen molar-refractivity contribution in [1.82, 2.24) is 10.2 Å². The number of carbonyl (C=O) groups excluding carboxylic acids is 1. The average molecular weight is 462 g/mol. The van der Waals surface area contributed by atoms with Gasteiger partial charge >= 0.3 is 0 Å². The first-order valence-corrected chi connectivity index (χ1v) is 11.5. The first-order valence-electron chi connectivity index (χ1n) is 11.5. The molecule has 1 saturated heterocycles. The highest BCUT2D eigenvalue weighted by Gasteiger charge is 2.44. The molecule has 5 nitrogen and oxygen atoms in total. The number of β-amino-alcohol motifs (C(OH)–C–C–N with tert-alkyl or cyclic N) is 1. The summed E-state index contributed by atoms with van der Waals surface area (Å²) in [5.74, 6) is -3.59. The van der Waals surface area contributed by atoms with Crippen LogP contribution in [0.2, 0.25) is 0 Å². The lowest BCUT2D eigenvalue weighted by atomic mass is 9.92. The fourth-order valence-electron chi connectivity index (χ4n) is 4.62. The Morgan fingerprint density at radius 3 is 2.42 bits per heavy atom. The number of halogens is 3. The van der Waals surface area contributed by atoms with E-state index in [1.807, 2.05) is 0 Å². The molecule has 0 aromatic heterocycles. The third kappa shape index (κ3) is 5.33. The Labute approximate surface area is 192 Å². The fourth-order valence-corrected chi connectivity index (χ4v) is 4.62. The Kier molecular flexibility index (Phi) is 6.95. The van der Waals surface area contributed by atoms with Gasteiger partial charge in [0, 0.05) is 12.6 Å². The summed E-state index contributed by atoms with van der Waals surface area (Å²) in [6.07, 6.45) is 6.99. The van der Waals surface area contributed by atoms with Crippen LogP contribution in [-0.2, 0) is 0 Å². The van der Waals surface area contributed by atoms with Gasteiger partial charge in [-0.15, -0.1) is 0 Å². The highest BCUT2D eigenvalue weighted by Crippen LogP contribution is 2.31. The maximum atomic E-state index is 14.6. The van der Waals surface area contributed by atoms with E-state index >= 15 is 0 Å². The molecule has 1 aliphatic heterocycles. The molecule has 1 saturated carbocycles. The van der Waals surface area contributed by atoms with Crippen molar-refractivity contribution in [1.29, 1.82) is 0 Å². The Bertz CT molecular complexity index is 1020. The van der Waals surface area contributed by atoms with Gasteiger partial charge in [0.2, 0.25) is 0 Å². The monoisotopic (exact) mass is 461 g/mol. The number of nitrogens with one attached hydrogen (secondary N) is 2. The van der Waals surface area contributed by atoms with Crippen LogP contribution in [-0.4, -0.2) is 47.2 Å². The van der Waals surface area contributed by atoms with Crippen LogP contribution in [0.25, 0.3) is 0 Å². The van der Waals surface area contributed by atoms with Gasteiger partial charge in [-0.25, -0.2) is 13.2 Å². The van der Waals surface area contributed by atoms with Crippen molar-refractivity contribution in [2.75, 3.05) is 25.0 Å². The number of anilines is 2. The van der Waals surface area contributed by atoms with Crippen LogP contribution in [0, 0.1) is 24.4 Å². The number of benzene rings is 2. The molecule has 0 radical (unpaired) electrons. The molecule has 3 N–H and O–H groups in total. The van der Waals surface area contributed by atoms with Gasteiger partial charge in [-0.05, 0) is 49.6 Å². The van der Waals surface area contributed by atoms with E-state index in [4.69, 9.17) is 0 Å². The van der Waals surface area contributed by atoms with Crippen molar-refractivity contribution in [3.05, 3.63) is 58.9 Å². The smallest absolute Gasteiger partial charge is 0.256 e. The minimum atomic E-state index is -1.26. The number of hydrogen-bond donors (Lipinski definition) is 3. The molecule has 0 unspecified atom stereocenters. The first kappa shape index (κ1) is 23.6. The van der Waals surface area contributed by atoms with Crippen molar-refractivity contribution < 1.29 is 23.1 Å². The minimum absolute atomic E-state index is 0.0631. The fraction of sp³-hybridized carbons (Fsp3) is 0.480. The third-order valence-electron chi connectivity index (χ3n) is 6.54. The van der Waals surface area contributed by atoms with Crippen LogP contribution >= 0.6 is 0 Å². The summed E-state index contributed by atoms with van der Waals surface area (Å²) in [6, 6.07) is 6.71. The van der Waals surface area contributed by atoms with Gasteiger partial charge in [0.25, 0.3) is 5.91 Å². The highest BCUT2D eigenvalue weighted by atomic mass is 19.2. The predicted molar refractivity (Wildman–Crippen MR) is 121 cm³/mol. The molecule has 1 heterocycles. The Morgan fingerprint density at radius 1 is 1.06 bits per heavy atom. The van der Waals surface area contributed by atoms with E-state index in [0.29, 0.717) is 18.2 Å². The number of amides is 1.